The number of amides is 1. The molecule has 0 bridgehead atoms. The summed E-state index contributed by atoms with van der Waals surface area (Å²) in [6.45, 7) is 0. The molecular formula is C19H20ClN7O2S. The molecule has 9 nitrogen and oxygen atoms in total. The van der Waals surface area contributed by atoms with E-state index in [2.05, 4.69) is 21.2 Å². The summed E-state index contributed by atoms with van der Waals surface area (Å²) in [5.41, 5.74) is 6.40. The fourth-order valence-electron chi connectivity index (χ4n) is 4.34. The van der Waals surface area contributed by atoms with Crippen molar-refractivity contribution in [3.8, 4) is 0 Å². The van der Waals surface area contributed by atoms with Gasteiger partial charge in [-0.3, -0.25) is 20.2 Å². The number of nitrogens with one attached hydrogen (secondary N) is 3. The Morgan fingerprint density at radius 1 is 1.20 bits per heavy atom. The van der Waals surface area contributed by atoms with Gasteiger partial charge in [0.15, 0.2) is 0 Å². The summed E-state index contributed by atoms with van der Waals surface area (Å²) in [7, 11) is -1.61. The molecule has 3 heterocycles. The molecule has 5 rings (SSSR count). The highest BCUT2D eigenvalue weighted by Gasteiger charge is 2.46. The minimum Gasteiger partial charge on any atom is -0.323 e. The van der Waals surface area contributed by atoms with E-state index >= 15 is 0 Å². The SMILES string of the molecule is NS(=O)c1ccc(Nc2ncc3cc4n(c3n2)C2(CCCCC2)C(=O)NN4)c(Cl)c1. The number of halogens is 1. The van der Waals surface area contributed by atoms with Crippen molar-refractivity contribution in [1.82, 2.24) is 20.0 Å². The Morgan fingerprint density at radius 3 is 2.73 bits per heavy atom. The lowest BCUT2D eigenvalue weighted by atomic mass is 9.80. The van der Waals surface area contributed by atoms with Gasteiger partial charge in [-0.25, -0.2) is 14.3 Å². The monoisotopic (exact) mass is 445 g/mol. The van der Waals surface area contributed by atoms with Crippen molar-refractivity contribution in [3.63, 3.8) is 0 Å². The minimum absolute atomic E-state index is 0.0336. The van der Waals surface area contributed by atoms with Gasteiger partial charge in [0.2, 0.25) is 5.95 Å². The molecule has 2 aliphatic rings. The van der Waals surface area contributed by atoms with E-state index in [0.29, 0.717) is 27.2 Å². The van der Waals surface area contributed by atoms with E-state index < -0.39 is 16.5 Å². The van der Waals surface area contributed by atoms with Crippen LogP contribution in [0.25, 0.3) is 11.0 Å². The van der Waals surface area contributed by atoms with Crippen LogP contribution >= 0.6 is 11.6 Å². The number of nitrogens with zero attached hydrogens (tertiary/aromatic N) is 3. The maximum absolute atomic E-state index is 12.9. The summed E-state index contributed by atoms with van der Waals surface area (Å²) < 4.78 is 13.4. The van der Waals surface area contributed by atoms with Gasteiger partial charge >= 0.3 is 0 Å². The summed E-state index contributed by atoms with van der Waals surface area (Å²) in [5, 5.41) is 9.70. The summed E-state index contributed by atoms with van der Waals surface area (Å²) in [6.07, 6.45) is 6.37. The normalized spacial score (nSPS) is 18.5. The summed E-state index contributed by atoms with van der Waals surface area (Å²) >= 11 is 6.30. The van der Waals surface area contributed by atoms with Crippen LogP contribution in [0.2, 0.25) is 5.02 Å². The van der Waals surface area contributed by atoms with E-state index in [0.717, 1.165) is 43.3 Å². The molecular weight excluding hydrogens is 426 g/mol. The van der Waals surface area contributed by atoms with Crippen molar-refractivity contribution in [3.05, 3.63) is 35.5 Å². The molecule has 156 valence electrons. The van der Waals surface area contributed by atoms with Crippen molar-refractivity contribution in [2.75, 3.05) is 10.7 Å². The first-order valence-electron chi connectivity index (χ1n) is 9.66. The molecule has 30 heavy (non-hydrogen) atoms. The Labute approximate surface area is 180 Å². The molecule has 0 radical (unpaired) electrons. The molecule has 1 aliphatic carbocycles. The van der Waals surface area contributed by atoms with Crippen LogP contribution in [0.5, 0.6) is 0 Å². The van der Waals surface area contributed by atoms with Gasteiger partial charge in [0.05, 0.1) is 15.6 Å². The lowest BCUT2D eigenvalue weighted by molar-refractivity contribution is -0.131. The van der Waals surface area contributed by atoms with E-state index in [4.69, 9.17) is 21.7 Å². The molecule has 1 unspecified atom stereocenters. The highest BCUT2D eigenvalue weighted by molar-refractivity contribution is 7.82. The van der Waals surface area contributed by atoms with Crippen molar-refractivity contribution in [1.29, 1.82) is 0 Å². The first-order valence-corrected chi connectivity index (χ1v) is 11.3. The number of hydrogen-bond acceptors (Lipinski definition) is 6. The number of hydrogen-bond donors (Lipinski definition) is 4. The van der Waals surface area contributed by atoms with Crippen LogP contribution in [-0.2, 0) is 21.3 Å². The van der Waals surface area contributed by atoms with E-state index in [9.17, 15) is 9.00 Å². The molecule has 1 atom stereocenters. The quantitative estimate of drug-likeness (QED) is 0.491. The van der Waals surface area contributed by atoms with Crippen LogP contribution in [0.15, 0.2) is 35.4 Å². The minimum atomic E-state index is -1.61. The number of rotatable bonds is 3. The second-order valence-electron chi connectivity index (χ2n) is 7.57. The summed E-state index contributed by atoms with van der Waals surface area (Å²) in [5.74, 6) is 1.11. The molecule has 1 fully saturated rings. The first-order chi connectivity index (χ1) is 14.5. The van der Waals surface area contributed by atoms with Gasteiger partial charge in [0, 0.05) is 11.6 Å². The fourth-order valence-corrected chi connectivity index (χ4v) is 5.07. The Morgan fingerprint density at radius 2 is 2.00 bits per heavy atom. The summed E-state index contributed by atoms with van der Waals surface area (Å²) in [4.78, 5) is 22.4. The second-order valence-corrected chi connectivity index (χ2v) is 9.05. The van der Waals surface area contributed by atoms with Gasteiger partial charge in [-0.05, 0) is 37.1 Å². The Hall–Kier alpha value is -2.69. The van der Waals surface area contributed by atoms with Crippen molar-refractivity contribution in [2.24, 2.45) is 5.14 Å². The standard InChI is InChI=1S/C19H20ClN7O2S/c20-13-9-12(30(21)29)4-5-14(13)23-18-22-10-11-8-15-25-26-17(28)19(6-2-1-3-7-19)27(15)16(11)24-18/h4-5,8-10,25H,1-3,6-7,21H2,(H,26,28)(H,22,23,24). The molecule has 5 N–H and O–H groups in total. The molecule has 3 aromatic rings. The number of aromatic nitrogens is 3. The van der Waals surface area contributed by atoms with Crippen LogP contribution < -0.4 is 21.3 Å². The van der Waals surface area contributed by atoms with Crippen LogP contribution in [0.3, 0.4) is 0 Å². The average molecular weight is 446 g/mol. The number of anilines is 3. The topological polar surface area (TPSA) is 127 Å². The van der Waals surface area contributed by atoms with Gasteiger partial charge in [-0.1, -0.05) is 30.9 Å². The lowest BCUT2D eigenvalue weighted by Gasteiger charge is -2.41. The molecule has 2 aromatic heterocycles. The largest absolute Gasteiger partial charge is 0.323 e. The molecule has 1 aromatic carbocycles. The van der Waals surface area contributed by atoms with E-state index in [1.807, 2.05) is 10.6 Å². The van der Waals surface area contributed by atoms with Gasteiger partial charge in [0.1, 0.15) is 28.0 Å². The van der Waals surface area contributed by atoms with Crippen molar-refractivity contribution >= 4 is 57.0 Å². The van der Waals surface area contributed by atoms with Gasteiger partial charge in [-0.2, -0.15) is 4.98 Å². The number of nitrogens with two attached hydrogens (primary N) is 1. The predicted molar refractivity (Wildman–Crippen MR) is 116 cm³/mol. The number of fused-ring (bicyclic) bond motifs is 4. The maximum Gasteiger partial charge on any atom is 0.264 e. The molecule has 0 saturated heterocycles. The maximum atomic E-state index is 12.9. The van der Waals surface area contributed by atoms with Gasteiger partial charge in [0.25, 0.3) is 5.91 Å². The van der Waals surface area contributed by atoms with Gasteiger partial charge in [-0.15, -0.1) is 0 Å². The number of hydrazine groups is 1. The van der Waals surface area contributed by atoms with Crippen LogP contribution in [0.1, 0.15) is 32.1 Å². The summed E-state index contributed by atoms with van der Waals surface area (Å²) in [6, 6.07) is 6.80. The Balaban J connectivity index is 1.57. The van der Waals surface area contributed by atoms with Crippen LogP contribution in [0.4, 0.5) is 17.5 Å². The lowest BCUT2D eigenvalue weighted by Crippen LogP contribution is -2.55. The molecule has 1 amide bonds. The molecule has 1 aliphatic heterocycles. The zero-order valence-electron chi connectivity index (χ0n) is 15.9. The average Bonchev–Trinajstić information content (AvgIpc) is 3.12. The third-order valence-corrected chi connectivity index (χ3v) is 6.83. The smallest absolute Gasteiger partial charge is 0.264 e. The second kappa shape index (κ2) is 7.22. The van der Waals surface area contributed by atoms with E-state index in [1.54, 1.807) is 24.4 Å². The third-order valence-electron chi connectivity index (χ3n) is 5.80. The highest BCUT2D eigenvalue weighted by atomic mass is 35.5. The fraction of sp³-hybridized carbons (Fsp3) is 0.316. The molecule has 11 heteroatoms. The number of benzene rings is 1. The van der Waals surface area contributed by atoms with Crippen LogP contribution in [-0.4, -0.2) is 24.7 Å². The van der Waals surface area contributed by atoms with E-state index in [-0.39, 0.29) is 5.91 Å². The zero-order valence-corrected chi connectivity index (χ0v) is 17.5. The highest BCUT2D eigenvalue weighted by Crippen LogP contribution is 2.42. The molecule has 1 saturated carbocycles. The van der Waals surface area contributed by atoms with Crippen molar-refractivity contribution < 1.29 is 9.00 Å². The Bertz CT molecular complexity index is 1190. The van der Waals surface area contributed by atoms with Crippen LogP contribution in [0, 0.1) is 0 Å². The van der Waals surface area contributed by atoms with Crippen molar-refractivity contribution in [2.45, 2.75) is 42.5 Å². The van der Waals surface area contributed by atoms with E-state index in [1.165, 1.54) is 0 Å². The zero-order chi connectivity index (χ0) is 20.9. The third kappa shape index (κ3) is 3.03. The first kappa shape index (κ1) is 19.3. The molecule has 1 spiro atoms. The predicted octanol–water partition coefficient (Wildman–Crippen LogP) is 2.93. The Kier molecular flexibility index (Phi) is 4.64. The van der Waals surface area contributed by atoms with Gasteiger partial charge < -0.3 is 5.32 Å². The number of carbonyl (C=O) groups excluding carboxylic acids is 1. The number of carbonyl (C=O) groups is 1.